The summed E-state index contributed by atoms with van der Waals surface area (Å²) in [5.41, 5.74) is 36.2. The minimum atomic E-state index is 0.0197. The maximum Gasteiger partial charge on any atom is 0.0543 e. The molecule has 109 heavy (non-hydrogen) atoms. The van der Waals surface area contributed by atoms with Gasteiger partial charge in [-0.15, -0.1) is 0 Å². The molecule has 0 fully saturated rings. The van der Waals surface area contributed by atoms with Crippen molar-refractivity contribution in [2.75, 3.05) is 19.6 Å². The fraction of sp³-hybridized carbons (Fsp3) is 0.238. The molecule has 16 aromatic carbocycles. The van der Waals surface area contributed by atoms with Crippen LogP contribution in [0.2, 0.25) is 0 Å². The average Bonchev–Trinajstić information content (AvgIpc) is 0.695. The van der Waals surface area contributed by atoms with Gasteiger partial charge in [0.05, 0.1) is 45.5 Å². The highest BCUT2D eigenvalue weighted by Gasteiger charge is 2.37. The van der Waals surface area contributed by atoms with Crippen LogP contribution >= 0.6 is 0 Å². The first-order chi connectivity index (χ1) is 52.5. The Morgan fingerprint density at radius 2 is 0.606 bits per heavy atom. The molecule has 0 saturated heterocycles. The lowest BCUT2D eigenvalue weighted by atomic mass is 9.70. The van der Waals surface area contributed by atoms with Gasteiger partial charge in [0.1, 0.15) is 0 Å². The highest BCUT2D eigenvalue weighted by atomic mass is 15.2. The number of benzene rings is 16. The minimum absolute atomic E-state index is 0.0197. The molecule has 0 heterocycles. The molecule has 2 aliphatic carbocycles. The molecule has 0 amide bonds. The van der Waals surface area contributed by atoms with Crippen molar-refractivity contribution in [3.8, 4) is 0 Å². The zero-order valence-corrected chi connectivity index (χ0v) is 67.0. The normalized spacial score (nSPS) is 13.7. The number of anilines is 12. The summed E-state index contributed by atoms with van der Waals surface area (Å²) in [6.45, 7) is 39.3. The Balaban J connectivity index is 0.000000160. The third-order valence-corrected chi connectivity index (χ3v) is 24.9. The molecule has 16 aromatic rings. The van der Waals surface area contributed by atoms with Gasteiger partial charge < -0.3 is 19.6 Å². The van der Waals surface area contributed by atoms with E-state index in [1.54, 1.807) is 0 Å². The zero-order valence-electron chi connectivity index (χ0n) is 67.0. The van der Waals surface area contributed by atoms with Crippen molar-refractivity contribution in [1.82, 2.24) is 0 Å². The predicted molar refractivity (Wildman–Crippen MR) is 473 cm³/mol. The summed E-state index contributed by atoms with van der Waals surface area (Å²) >= 11 is 0. The quantitative estimate of drug-likeness (QED) is 0.101. The minimum Gasteiger partial charge on any atom is -0.309 e. The van der Waals surface area contributed by atoms with Crippen LogP contribution in [0.3, 0.4) is 0 Å². The molecule has 18 rings (SSSR count). The molecule has 4 nitrogen and oxygen atoms in total. The van der Waals surface area contributed by atoms with Gasteiger partial charge in [0.2, 0.25) is 0 Å². The van der Waals surface area contributed by atoms with Crippen LogP contribution in [-0.4, -0.2) is 0 Å². The van der Waals surface area contributed by atoms with Crippen LogP contribution in [0.15, 0.2) is 243 Å². The van der Waals surface area contributed by atoms with E-state index in [0.29, 0.717) is 5.92 Å². The smallest absolute Gasteiger partial charge is 0.0543 e. The van der Waals surface area contributed by atoms with Gasteiger partial charge in [0, 0.05) is 55.1 Å². The molecule has 0 aliphatic heterocycles. The Morgan fingerprint density at radius 3 is 0.954 bits per heavy atom. The second-order valence-corrected chi connectivity index (χ2v) is 33.6. The van der Waals surface area contributed by atoms with E-state index < -0.39 is 0 Å². The van der Waals surface area contributed by atoms with E-state index in [4.69, 9.17) is 0 Å². The molecule has 0 aromatic heterocycles. The fourth-order valence-electron chi connectivity index (χ4n) is 19.3. The summed E-state index contributed by atoms with van der Waals surface area (Å²) in [6.07, 6.45) is 5.28. The molecule has 542 valence electrons. The molecule has 0 atom stereocenters. The van der Waals surface area contributed by atoms with Crippen molar-refractivity contribution in [3.63, 3.8) is 0 Å². The van der Waals surface area contributed by atoms with Crippen LogP contribution in [0.5, 0.6) is 0 Å². The lowest BCUT2D eigenvalue weighted by Crippen LogP contribution is -2.24. The van der Waals surface area contributed by atoms with E-state index in [1.807, 2.05) is 0 Å². The van der Waals surface area contributed by atoms with Gasteiger partial charge in [-0.05, 0) is 313 Å². The van der Waals surface area contributed by atoms with Crippen molar-refractivity contribution < 1.29 is 0 Å². The van der Waals surface area contributed by atoms with Gasteiger partial charge in [-0.1, -0.05) is 217 Å². The predicted octanol–water partition coefficient (Wildman–Crippen LogP) is 30.3. The van der Waals surface area contributed by atoms with Crippen LogP contribution in [0.25, 0.3) is 64.6 Å². The van der Waals surface area contributed by atoms with Gasteiger partial charge in [-0.25, -0.2) is 0 Å². The lowest BCUT2D eigenvalue weighted by molar-refractivity contribution is 0.475. The number of para-hydroxylation sites is 6. The van der Waals surface area contributed by atoms with E-state index in [0.717, 1.165) is 32.1 Å². The van der Waals surface area contributed by atoms with E-state index in [1.165, 1.54) is 222 Å². The van der Waals surface area contributed by atoms with Gasteiger partial charge in [-0.2, -0.15) is 0 Å². The molecular formula is C105H102N4. The monoisotopic (exact) mass is 1420 g/mol. The Bertz CT molecular complexity index is 6150. The van der Waals surface area contributed by atoms with Crippen molar-refractivity contribution >= 4 is 133 Å². The molecular weight excluding hydrogens is 1320 g/mol. The number of aryl methyl sites for hydroxylation is 13. The standard InChI is InChI=1S/C54H54N2.C51H48N2/c1-32(2)44-31-48(56(41-23-19-34(4)20-24-41)53-37(7)15-12-16-38(53)8)45-30-46-49-39(27-28-54(46,9)10)29-47(43-26-25-42(44)50(45)51(43)49)55(40-21-17-33(3)18-22-40)52-35(5)13-11-14-36(52)6;1-8-36-29-45(53(39-23-13-10-14-24-39)50-34(4)19-16-20-35(50)5)42-31-43-46-37(27-28-51(43,6)7)30-44(41-26-25-40(36)47(42)48(41)46)52(38-21-11-9-12-22-38)49-32(2)17-15-18-33(49)3/h11-26,29-32H,27-28H2,1-10H3;9-26,29-31H,8,27-28H2,1-7H3. The second kappa shape index (κ2) is 27.2. The van der Waals surface area contributed by atoms with Gasteiger partial charge in [0.25, 0.3) is 0 Å². The molecule has 0 N–H and O–H groups in total. The van der Waals surface area contributed by atoms with Gasteiger partial charge in [-0.3, -0.25) is 0 Å². The van der Waals surface area contributed by atoms with Crippen LogP contribution in [-0.2, 0) is 30.1 Å². The maximum atomic E-state index is 2.60. The Labute approximate surface area is 646 Å². The summed E-state index contributed by atoms with van der Waals surface area (Å²) in [4.78, 5) is 10.2. The van der Waals surface area contributed by atoms with Gasteiger partial charge in [0.15, 0.2) is 0 Å². The topological polar surface area (TPSA) is 13.0 Å². The SMILES string of the molecule is CCc1cc(N(c2ccccc2)c2c(C)cccc2C)c2cc3c4c(cc(N(c5ccccc5)c5c(C)cccc5C)c5ccc1c2c54)CCC3(C)C.Cc1ccc(N(c2c(C)cccc2C)c2cc(C(C)C)c3ccc4c(N(c5ccc(C)cc5)c5c(C)cccc5C)cc5c6c(cc2c3c46)C(C)(C)CC5)cc1. The van der Waals surface area contributed by atoms with Crippen LogP contribution in [0, 0.1) is 69.2 Å². The van der Waals surface area contributed by atoms with Crippen molar-refractivity contribution in [1.29, 1.82) is 0 Å². The van der Waals surface area contributed by atoms with Crippen molar-refractivity contribution in [3.05, 3.63) is 332 Å². The van der Waals surface area contributed by atoms with Crippen LogP contribution < -0.4 is 19.6 Å². The van der Waals surface area contributed by atoms with E-state index in [-0.39, 0.29) is 10.8 Å². The van der Waals surface area contributed by atoms with Crippen molar-refractivity contribution in [2.45, 2.75) is 167 Å². The Kier molecular flexibility index (Phi) is 17.6. The highest BCUT2D eigenvalue weighted by molar-refractivity contribution is 6.32. The Hall–Kier alpha value is -11.2. The summed E-state index contributed by atoms with van der Waals surface area (Å²) in [7, 11) is 0. The lowest BCUT2D eigenvalue weighted by Gasteiger charge is -2.37. The zero-order chi connectivity index (χ0) is 75.8. The number of nitrogens with zero attached hydrogens (tertiary/aromatic N) is 4. The molecule has 0 spiro atoms. The first-order valence-electron chi connectivity index (χ1n) is 39.8. The number of hydrogen-bond acceptors (Lipinski definition) is 4. The van der Waals surface area contributed by atoms with E-state index >= 15 is 0 Å². The summed E-state index contributed by atoms with van der Waals surface area (Å²) in [5.74, 6) is 0.331. The molecule has 0 unspecified atom stereocenters. The second-order valence-electron chi connectivity index (χ2n) is 33.6. The van der Waals surface area contributed by atoms with Crippen LogP contribution in [0.4, 0.5) is 68.2 Å². The molecule has 4 heteroatoms. The Morgan fingerprint density at radius 1 is 0.294 bits per heavy atom. The number of rotatable bonds is 14. The third kappa shape index (κ3) is 11.7. The fourth-order valence-corrected chi connectivity index (χ4v) is 19.3. The molecule has 0 radical (unpaired) electrons. The highest BCUT2D eigenvalue weighted by Crippen LogP contribution is 2.58. The van der Waals surface area contributed by atoms with E-state index in [2.05, 4.69) is 380 Å². The largest absolute Gasteiger partial charge is 0.309 e. The first-order valence-corrected chi connectivity index (χ1v) is 39.8. The van der Waals surface area contributed by atoms with Gasteiger partial charge >= 0.3 is 0 Å². The first kappa shape index (κ1) is 70.8. The average molecular weight is 1420 g/mol. The van der Waals surface area contributed by atoms with Crippen molar-refractivity contribution in [2.24, 2.45) is 0 Å². The third-order valence-electron chi connectivity index (χ3n) is 24.9. The molecule has 0 saturated carbocycles. The molecule has 0 bridgehead atoms. The summed E-state index contributed by atoms with van der Waals surface area (Å²) in [6, 6.07) is 92.1. The summed E-state index contributed by atoms with van der Waals surface area (Å²) < 4.78 is 0. The van der Waals surface area contributed by atoms with Crippen LogP contribution in [0.1, 0.15) is 156 Å². The molecule has 2 aliphatic rings. The maximum absolute atomic E-state index is 2.60. The van der Waals surface area contributed by atoms with E-state index in [9.17, 15) is 0 Å². The summed E-state index contributed by atoms with van der Waals surface area (Å²) in [5, 5.41) is 16.5. The number of hydrogen-bond donors (Lipinski definition) is 0.